The first-order chi connectivity index (χ1) is 9.54. The highest BCUT2D eigenvalue weighted by atomic mass is 35.5. The summed E-state index contributed by atoms with van der Waals surface area (Å²) < 4.78 is 0. The fourth-order valence-corrected chi connectivity index (χ4v) is 2.71. The summed E-state index contributed by atoms with van der Waals surface area (Å²) in [5, 5.41) is 3.75. The third kappa shape index (κ3) is 4.44. The molecule has 0 heterocycles. The summed E-state index contributed by atoms with van der Waals surface area (Å²) >= 11 is 13.3. The SMILES string of the molecule is Cc1ccc(SCC(=O)Nc2ccc(Cl)cc2Cl)cc1. The number of benzene rings is 2. The van der Waals surface area contributed by atoms with Gasteiger partial charge < -0.3 is 5.32 Å². The van der Waals surface area contributed by atoms with Gasteiger partial charge in [-0.1, -0.05) is 40.9 Å². The summed E-state index contributed by atoms with van der Waals surface area (Å²) in [5.41, 5.74) is 1.78. The second-order valence-electron chi connectivity index (χ2n) is 4.27. The molecule has 0 bridgehead atoms. The highest BCUT2D eigenvalue weighted by molar-refractivity contribution is 8.00. The smallest absolute Gasteiger partial charge is 0.234 e. The van der Waals surface area contributed by atoms with Crippen LogP contribution in [-0.2, 0) is 4.79 Å². The molecule has 0 atom stereocenters. The van der Waals surface area contributed by atoms with E-state index in [2.05, 4.69) is 5.32 Å². The lowest BCUT2D eigenvalue weighted by atomic mass is 10.2. The van der Waals surface area contributed by atoms with Gasteiger partial charge in [-0.05, 0) is 37.3 Å². The highest BCUT2D eigenvalue weighted by Gasteiger charge is 2.07. The lowest BCUT2D eigenvalue weighted by molar-refractivity contribution is -0.113. The van der Waals surface area contributed by atoms with E-state index in [1.165, 1.54) is 17.3 Å². The number of rotatable bonds is 4. The summed E-state index contributed by atoms with van der Waals surface area (Å²) in [6.45, 7) is 2.03. The Morgan fingerprint density at radius 3 is 2.50 bits per heavy atom. The summed E-state index contributed by atoms with van der Waals surface area (Å²) in [6, 6.07) is 13.0. The first-order valence-electron chi connectivity index (χ1n) is 5.99. The first kappa shape index (κ1) is 15.2. The minimum Gasteiger partial charge on any atom is -0.324 e. The number of carbonyl (C=O) groups is 1. The van der Waals surface area contributed by atoms with Crippen molar-refractivity contribution in [1.29, 1.82) is 0 Å². The summed E-state index contributed by atoms with van der Waals surface area (Å²) in [6.07, 6.45) is 0. The van der Waals surface area contributed by atoms with Gasteiger partial charge in [0.15, 0.2) is 0 Å². The molecule has 0 aliphatic carbocycles. The molecule has 0 unspecified atom stereocenters. The van der Waals surface area contributed by atoms with Gasteiger partial charge in [0.25, 0.3) is 0 Å². The standard InChI is InChI=1S/C15H13Cl2NOS/c1-10-2-5-12(6-3-10)20-9-15(19)18-14-7-4-11(16)8-13(14)17/h2-8H,9H2,1H3,(H,18,19). The van der Waals surface area contributed by atoms with Gasteiger partial charge in [-0.3, -0.25) is 4.79 Å². The average molecular weight is 326 g/mol. The van der Waals surface area contributed by atoms with Crippen LogP contribution in [0.3, 0.4) is 0 Å². The van der Waals surface area contributed by atoms with E-state index in [9.17, 15) is 4.79 Å². The molecule has 0 aliphatic rings. The van der Waals surface area contributed by atoms with Gasteiger partial charge in [0.1, 0.15) is 0 Å². The number of hydrogen-bond acceptors (Lipinski definition) is 2. The van der Waals surface area contributed by atoms with Crippen molar-refractivity contribution in [3.8, 4) is 0 Å². The van der Waals surface area contributed by atoms with Crippen LogP contribution in [0.2, 0.25) is 10.0 Å². The molecule has 1 N–H and O–H groups in total. The zero-order chi connectivity index (χ0) is 14.5. The molecule has 20 heavy (non-hydrogen) atoms. The largest absolute Gasteiger partial charge is 0.324 e. The normalized spacial score (nSPS) is 10.3. The Morgan fingerprint density at radius 1 is 1.15 bits per heavy atom. The quantitative estimate of drug-likeness (QED) is 0.798. The van der Waals surface area contributed by atoms with Gasteiger partial charge in [-0.25, -0.2) is 0 Å². The minimum absolute atomic E-state index is 0.0974. The van der Waals surface area contributed by atoms with Crippen LogP contribution in [-0.4, -0.2) is 11.7 Å². The number of carbonyl (C=O) groups excluding carboxylic acids is 1. The Labute approximate surface area is 132 Å². The molecule has 5 heteroatoms. The van der Waals surface area contributed by atoms with Crippen molar-refractivity contribution in [2.45, 2.75) is 11.8 Å². The molecule has 0 fully saturated rings. The Balaban J connectivity index is 1.90. The number of anilines is 1. The molecule has 2 aromatic rings. The zero-order valence-corrected chi connectivity index (χ0v) is 13.1. The van der Waals surface area contributed by atoms with Crippen molar-refractivity contribution in [1.82, 2.24) is 0 Å². The first-order valence-corrected chi connectivity index (χ1v) is 7.73. The number of hydrogen-bond donors (Lipinski definition) is 1. The molecule has 104 valence electrons. The van der Waals surface area contributed by atoms with Gasteiger partial charge in [0.05, 0.1) is 16.5 Å². The van der Waals surface area contributed by atoms with Crippen LogP contribution in [0.1, 0.15) is 5.56 Å². The maximum atomic E-state index is 11.9. The summed E-state index contributed by atoms with van der Waals surface area (Å²) in [5.74, 6) is 0.238. The average Bonchev–Trinajstić information content (AvgIpc) is 2.41. The Kier molecular flexibility index (Phi) is 5.35. The van der Waals surface area contributed by atoms with E-state index < -0.39 is 0 Å². The molecule has 0 saturated heterocycles. The van der Waals surface area contributed by atoms with Crippen LogP contribution >= 0.6 is 35.0 Å². The van der Waals surface area contributed by atoms with Gasteiger partial charge in [-0.2, -0.15) is 0 Å². The van der Waals surface area contributed by atoms with E-state index >= 15 is 0 Å². The van der Waals surface area contributed by atoms with Crippen molar-refractivity contribution in [2.24, 2.45) is 0 Å². The van der Waals surface area contributed by atoms with E-state index in [0.29, 0.717) is 21.5 Å². The third-order valence-electron chi connectivity index (χ3n) is 2.60. The van der Waals surface area contributed by atoms with Crippen LogP contribution < -0.4 is 5.32 Å². The van der Waals surface area contributed by atoms with E-state index in [1.54, 1.807) is 18.2 Å². The van der Waals surface area contributed by atoms with E-state index in [-0.39, 0.29) is 5.91 Å². The van der Waals surface area contributed by atoms with Gasteiger partial charge in [0, 0.05) is 9.92 Å². The Morgan fingerprint density at radius 2 is 1.85 bits per heavy atom. The third-order valence-corrected chi connectivity index (χ3v) is 4.16. The Hall–Kier alpha value is -1.16. The van der Waals surface area contributed by atoms with Crippen LogP contribution in [0.5, 0.6) is 0 Å². The monoisotopic (exact) mass is 325 g/mol. The lowest BCUT2D eigenvalue weighted by Gasteiger charge is -2.07. The number of aryl methyl sites for hydroxylation is 1. The molecule has 2 nitrogen and oxygen atoms in total. The van der Waals surface area contributed by atoms with Crippen LogP contribution in [0.25, 0.3) is 0 Å². The van der Waals surface area contributed by atoms with Crippen molar-refractivity contribution in [2.75, 3.05) is 11.1 Å². The molecule has 1 amide bonds. The fourth-order valence-electron chi connectivity index (χ4n) is 1.56. The van der Waals surface area contributed by atoms with E-state index in [4.69, 9.17) is 23.2 Å². The second-order valence-corrected chi connectivity index (χ2v) is 6.17. The fraction of sp³-hybridized carbons (Fsp3) is 0.133. The lowest BCUT2D eigenvalue weighted by Crippen LogP contribution is -2.14. The number of halogens is 2. The highest BCUT2D eigenvalue weighted by Crippen LogP contribution is 2.26. The summed E-state index contributed by atoms with van der Waals surface area (Å²) in [7, 11) is 0. The van der Waals surface area contributed by atoms with E-state index in [0.717, 1.165) is 4.90 Å². The van der Waals surface area contributed by atoms with Crippen molar-refractivity contribution < 1.29 is 4.79 Å². The van der Waals surface area contributed by atoms with Crippen LogP contribution in [0.15, 0.2) is 47.4 Å². The predicted octanol–water partition coefficient (Wildman–Crippen LogP) is 5.03. The molecule has 0 aromatic heterocycles. The van der Waals surface area contributed by atoms with Crippen LogP contribution in [0, 0.1) is 6.92 Å². The molecule has 2 aromatic carbocycles. The molecule has 0 spiro atoms. The number of thioether (sulfide) groups is 1. The zero-order valence-electron chi connectivity index (χ0n) is 10.8. The Bertz CT molecular complexity index is 614. The van der Waals surface area contributed by atoms with Crippen LogP contribution in [0.4, 0.5) is 5.69 Å². The molecule has 0 saturated carbocycles. The number of amides is 1. The van der Waals surface area contributed by atoms with Gasteiger partial charge >= 0.3 is 0 Å². The van der Waals surface area contributed by atoms with Gasteiger partial charge in [-0.15, -0.1) is 11.8 Å². The molecular formula is C15H13Cl2NOS. The van der Waals surface area contributed by atoms with Crippen molar-refractivity contribution >= 4 is 46.6 Å². The molecular weight excluding hydrogens is 313 g/mol. The number of nitrogens with one attached hydrogen (secondary N) is 1. The molecule has 2 rings (SSSR count). The molecule has 0 radical (unpaired) electrons. The maximum Gasteiger partial charge on any atom is 0.234 e. The summed E-state index contributed by atoms with van der Waals surface area (Å²) in [4.78, 5) is 12.9. The van der Waals surface area contributed by atoms with E-state index in [1.807, 2.05) is 31.2 Å². The maximum absolute atomic E-state index is 11.9. The van der Waals surface area contributed by atoms with Crippen molar-refractivity contribution in [3.63, 3.8) is 0 Å². The molecule has 0 aliphatic heterocycles. The van der Waals surface area contributed by atoms with Crippen molar-refractivity contribution in [3.05, 3.63) is 58.1 Å². The topological polar surface area (TPSA) is 29.1 Å². The predicted molar refractivity (Wildman–Crippen MR) is 87.0 cm³/mol. The minimum atomic E-state index is -0.0974. The van der Waals surface area contributed by atoms with Gasteiger partial charge in [0.2, 0.25) is 5.91 Å². The second kappa shape index (κ2) is 7.02.